The lowest BCUT2D eigenvalue weighted by Gasteiger charge is -1.99. The van der Waals surface area contributed by atoms with Crippen LogP contribution in [0.5, 0.6) is 0 Å². The van der Waals surface area contributed by atoms with Crippen LogP contribution in [0, 0.1) is 0 Å². The van der Waals surface area contributed by atoms with E-state index in [1.807, 2.05) is 0 Å². The summed E-state index contributed by atoms with van der Waals surface area (Å²) in [6.45, 7) is 0. The molecule has 54 valence electrons. The molecule has 0 heterocycles. The molecule has 0 fully saturated rings. The van der Waals surface area contributed by atoms with Gasteiger partial charge in [0.2, 0.25) is 11.6 Å². The van der Waals surface area contributed by atoms with Gasteiger partial charge in [-0.05, 0) is 25.3 Å². The van der Waals surface area contributed by atoms with Crippen LogP contribution < -0.4 is 0 Å². The van der Waals surface area contributed by atoms with Crippen LogP contribution in [0.1, 0.15) is 25.7 Å². The van der Waals surface area contributed by atoms with Gasteiger partial charge < -0.3 is 0 Å². The second-order valence-electron chi connectivity index (χ2n) is 2.44. The van der Waals surface area contributed by atoms with Crippen molar-refractivity contribution in [1.82, 2.24) is 0 Å². The Bertz CT molecular complexity index is 180. The van der Waals surface area contributed by atoms with Crippen LogP contribution in [0.4, 0.5) is 0 Å². The molecular formula is C8H10O2. The average Bonchev–Trinajstić information content (AvgIpc) is 1.92. The van der Waals surface area contributed by atoms with Crippen LogP contribution in [0.25, 0.3) is 0 Å². The van der Waals surface area contributed by atoms with E-state index in [4.69, 9.17) is 0 Å². The average molecular weight is 138 g/mol. The molecule has 2 heteroatoms. The Morgan fingerprint density at radius 2 is 2.00 bits per heavy atom. The predicted molar refractivity (Wildman–Crippen MR) is 37.6 cm³/mol. The molecule has 0 aliphatic heterocycles. The molecule has 1 rings (SSSR count). The summed E-state index contributed by atoms with van der Waals surface area (Å²) in [6, 6.07) is 0. The summed E-state index contributed by atoms with van der Waals surface area (Å²) >= 11 is 0. The van der Waals surface area contributed by atoms with E-state index < -0.39 is 0 Å². The second-order valence-corrected chi connectivity index (χ2v) is 2.44. The largest absolute Gasteiger partial charge is 0.291 e. The number of hydrogen-bond donors (Lipinski definition) is 0. The molecule has 0 aromatic carbocycles. The molecule has 2 nitrogen and oxygen atoms in total. The molecule has 1 aliphatic rings. The highest BCUT2D eigenvalue weighted by Crippen LogP contribution is 2.05. The zero-order valence-electron chi connectivity index (χ0n) is 5.80. The van der Waals surface area contributed by atoms with Crippen molar-refractivity contribution in [3.8, 4) is 0 Å². The minimum atomic E-state index is -0.334. The zero-order chi connectivity index (χ0) is 7.40. The number of ketones is 2. The van der Waals surface area contributed by atoms with Crippen molar-refractivity contribution in [3.63, 3.8) is 0 Å². The highest BCUT2D eigenvalue weighted by Gasteiger charge is 2.10. The van der Waals surface area contributed by atoms with Crippen LogP contribution in [0.3, 0.4) is 0 Å². The van der Waals surface area contributed by atoms with Gasteiger partial charge in [0.1, 0.15) is 0 Å². The van der Waals surface area contributed by atoms with Crippen molar-refractivity contribution in [2.75, 3.05) is 0 Å². The molecule has 0 saturated heterocycles. The van der Waals surface area contributed by atoms with E-state index in [0.717, 1.165) is 19.3 Å². The van der Waals surface area contributed by atoms with Crippen molar-refractivity contribution in [2.45, 2.75) is 25.7 Å². The quantitative estimate of drug-likeness (QED) is 0.472. The van der Waals surface area contributed by atoms with Gasteiger partial charge in [-0.1, -0.05) is 6.08 Å². The van der Waals surface area contributed by atoms with Crippen LogP contribution >= 0.6 is 0 Å². The Labute approximate surface area is 59.9 Å². The molecule has 0 amide bonds. The summed E-state index contributed by atoms with van der Waals surface area (Å²) in [5.41, 5.74) is 0. The molecule has 1 aliphatic carbocycles. The van der Waals surface area contributed by atoms with E-state index in [1.165, 1.54) is 6.08 Å². The van der Waals surface area contributed by atoms with Gasteiger partial charge in [-0.2, -0.15) is 0 Å². The maximum Gasteiger partial charge on any atom is 0.221 e. The number of carbonyl (C=O) groups is 2. The number of rotatable bonds is 0. The van der Waals surface area contributed by atoms with Gasteiger partial charge in [0.25, 0.3) is 0 Å². The smallest absolute Gasteiger partial charge is 0.221 e. The van der Waals surface area contributed by atoms with Crippen molar-refractivity contribution >= 4 is 11.6 Å². The van der Waals surface area contributed by atoms with Crippen molar-refractivity contribution in [1.29, 1.82) is 0 Å². The Kier molecular flexibility index (Phi) is 2.37. The first-order valence-electron chi connectivity index (χ1n) is 3.54. The summed E-state index contributed by atoms with van der Waals surface area (Å²) in [6.07, 6.45) is 6.41. The Morgan fingerprint density at radius 3 is 2.80 bits per heavy atom. The van der Waals surface area contributed by atoms with Crippen LogP contribution in [0.15, 0.2) is 12.2 Å². The van der Waals surface area contributed by atoms with E-state index >= 15 is 0 Å². The fourth-order valence-corrected chi connectivity index (χ4v) is 0.954. The van der Waals surface area contributed by atoms with Gasteiger partial charge in [0, 0.05) is 6.42 Å². The first kappa shape index (κ1) is 7.19. The number of hydrogen-bond acceptors (Lipinski definition) is 2. The molecule has 0 saturated carbocycles. The van der Waals surface area contributed by atoms with Crippen molar-refractivity contribution in [3.05, 3.63) is 12.2 Å². The van der Waals surface area contributed by atoms with E-state index in [9.17, 15) is 9.59 Å². The van der Waals surface area contributed by atoms with Gasteiger partial charge in [0.15, 0.2) is 0 Å². The molecule has 0 aromatic heterocycles. The molecule has 0 radical (unpaired) electrons. The third-order valence-corrected chi connectivity index (χ3v) is 1.57. The first-order chi connectivity index (χ1) is 4.80. The van der Waals surface area contributed by atoms with Gasteiger partial charge in [-0.15, -0.1) is 0 Å². The van der Waals surface area contributed by atoms with Gasteiger partial charge >= 0.3 is 0 Å². The summed E-state index contributed by atoms with van der Waals surface area (Å²) in [5.74, 6) is -0.573. The molecule has 10 heavy (non-hydrogen) atoms. The SMILES string of the molecule is O=C1/C=C/CCCCC1=O. The van der Waals surface area contributed by atoms with Crippen LogP contribution in [-0.4, -0.2) is 11.6 Å². The Hall–Kier alpha value is -0.920. The molecule has 0 aromatic rings. The molecular weight excluding hydrogens is 128 g/mol. The standard InChI is InChI=1S/C8H10O2/c9-7-5-3-1-2-4-6-8(7)10/h3,5H,1-2,4,6H2/b5-3+. The Morgan fingerprint density at radius 1 is 1.20 bits per heavy atom. The third kappa shape index (κ3) is 1.79. The fourth-order valence-electron chi connectivity index (χ4n) is 0.954. The molecule has 0 bridgehead atoms. The fraction of sp³-hybridized carbons (Fsp3) is 0.500. The normalized spacial score (nSPS) is 23.6. The van der Waals surface area contributed by atoms with Crippen molar-refractivity contribution in [2.24, 2.45) is 0 Å². The van der Waals surface area contributed by atoms with E-state index in [1.54, 1.807) is 6.08 Å². The highest BCUT2D eigenvalue weighted by atomic mass is 16.2. The number of carbonyl (C=O) groups excluding carboxylic acids is 2. The lowest BCUT2D eigenvalue weighted by molar-refractivity contribution is -0.134. The van der Waals surface area contributed by atoms with E-state index in [2.05, 4.69) is 0 Å². The van der Waals surface area contributed by atoms with Crippen LogP contribution in [-0.2, 0) is 9.59 Å². The summed E-state index contributed by atoms with van der Waals surface area (Å²) < 4.78 is 0. The minimum Gasteiger partial charge on any atom is -0.291 e. The molecule has 0 unspecified atom stereocenters. The second kappa shape index (κ2) is 3.30. The van der Waals surface area contributed by atoms with Crippen LogP contribution in [0.2, 0.25) is 0 Å². The van der Waals surface area contributed by atoms with E-state index in [0.29, 0.717) is 6.42 Å². The molecule has 0 N–H and O–H groups in total. The predicted octanol–water partition coefficient (Wildman–Crippen LogP) is 1.25. The monoisotopic (exact) mass is 138 g/mol. The van der Waals surface area contributed by atoms with Gasteiger partial charge in [-0.25, -0.2) is 0 Å². The molecule has 0 spiro atoms. The van der Waals surface area contributed by atoms with Crippen molar-refractivity contribution < 1.29 is 9.59 Å². The first-order valence-corrected chi connectivity index (χ1v) is 3.54. The summed E-state index contributed by atoms with van der Waals surface area (Å²) in [4.78, 5) is 21.5. The number of allylic oxidation sites excluding steroid dienone is 2. The van der Waals surface area contributed by atoms with Gasteiger partial charge in [0.05, 0.1) is 0 Å². The summed E-state index contributed by atoms with van der Waals surface area (Å²) in [5, 5.41) is 0. The minimum absolute atomic E-state index is 0.240. The van der Waals surface area contributed by atoms with Gasteiger partial charge in [-0.3, -0.25) is 9.59 Å². The van der Waals surface area contributed by atoms with E-state index in [-0.39, 0.29) is 11.6 Å². The maximum atomic E-state index is 10.8. The lowest BCUT2D eigenvalue weighted by atomic mass is 10.0. The zero-order valence-corrected chi connectivity index (χ0v) is 5.80. The maximum absolute atomic E-state index is 10.8. The highest BCUT2D eigenvalue weighted by molar-refractivity contribution is 6.41. The lowest BCUT2D eigenvalue weighted by Crippen LogP contribution is -2.11. The topological polar surface area (TPSA) is 34.1 Å². The Balaban J connectivity index is 2.62. The number of Topliss-reactive ketones (excluding diaryl/α,β-unsaturated/α-hetero) is 1. The summed E-state index contributed by atoms with van der Waals surface area (Å²) in [7, 11) is 0. The molecule has 0 atom stereocenters. The third-order valence-electron chi connectivity index (χ3n) is 1.57.